The summed E-state index contributed by atoms with van der Waals surface area (Å²) in [6, 6.07) is 5.33. The van der Waals surface area contributed by atoms with Gasteiger partial charge in [-0.15, -0.1) is 0 Å². The molecule has 94 valence electrons. The summed E-state index contributed by atoms with van der Waals surface area (Å²) >= 11 is 0. The summed E-state index contributed by atoms with van der Waals surface area (Å²) in [6.45, 7) is 1.97. The van der Waals surface area contributed by atoms with E-state index in [2.05, 4.69) is 15.5 Å². The van der Waals surface area contributed by atoms with Crippen LogP contribution in [-0.4, -0.2) is 28.7 Å². The number of amides is 1. The molecular weight excluding hydrogens is 234 g/mol. The molecule has 1 aromatic carbocycles. The number of nitrogens with zero attached hydrogens (tertiary/aromatic N) is 1. The van der Waals surface area contributed by atoms with E-state index in [0.29, 0.717) is 5.69 Å². The fourth-order valence-corrected chi connectivity index (χ4v) is 1.57. The molecule has 0 aliphatic heterocycles. The number of hydrogen-bond acceptors (Lipinski definition) is 4. The number of hydrogen-bond donors (Lipinski definition) is 2. The molecule has 0 radical (unpaired) electrons. The Morgan fingerprint density at radius 2 is 2.28 bits per heavy atom. The van der Waals surface area contributed by atoms with Crippen molar-refractivity contribution >= 4 is 28.5 Å². The van der Waals surface area contributed by atoms with Gasteiger partial charge in [-0.3, -0.25) is 14.7 Å². The van der Waals surface area contributed by atoms with Crippen LogP contribution in [0.15, 0.2) is 24.4 Å². The molecule has 0 spiro atoms. The van der Waals surface area contributed by atoms with Crippen molar-refractivity contribution in [3.05, 3.63) is 24.4 Å². The van der Waals surface area contributed by atoms with Crippen molar-refractivity contribution in [1.29, 1.82) is 0 Å². The Bertz CT molecular complexity index is 577. The Labute approximate surface area is 103 Å². The number of ether oxygens (including phenoxy) is 1. The molecule has 0 saturated heterocycles. The molecule has 0 unspecified atom stereocenters. The minimum Gasteiger partial charge on any atom is -0.466 e. The lowest BCUT2D eigenvalue weighted by Crippen LogP contribution is -2.18. The Morgan fingerprint density at radius 3 is 3.06 bits per heavy atom. The maximum absolute atomic E-state index is 11.5. The summed E-state index contributed by atoms with van der Waals surface area (Å²) in [6.07, 6.45) is 1.38. The maximum Gasteiger partial charge on any atom is 0.315 e. The SMILES string of the molecule is CCOC(=O)CC(=O)Nc1ccc2[nH]ncc2c1. The molecular formula is C12H13N3O3. The molecule has 6 heteroatoms. The summed E-state index contributed by atoms with van der Waals surface area (Å²) < 4.78 is 4.69. The molecule has 0 atom stereocenters. The minimum absolute atomic E-state index is 0.271. The summed E-state index contributed by atoms with van der Waals surface area (Å²) in [5, 5.41) is 10.2. The van der Waals surface area contributed by atoms with Gasteiger partial charge in [0.2, 0.25) is 5.91 Å². The van der Waals surface area contributed by atoms with E-state index in [-0.39, 0.29) is 13.0 Å². The van der Waals surface area contributed by atoms with Crippen LogP contribution in [0.3, 0.4) is 0 Å². The Morgan fingerprint density at radius 1 is 1.44 bits per heavy atom. The van der Waals surface area contributed by atoms with E-state index in [1.165, 1.54) is 0 Å². The van der Waals surface area contributed by atoms with Gasteiger partial charge >= 0.3 is 5.97 Å². The van der Waals surface area contributed by atoms with Gasteiger partial charge in [0.05, 0.1) is 18.3 Å². The van der Waals surface area contributed by atoms with Gasteiger partial charge in [-0.1, -0.05) is 0 Å². The molecule has 2 rings (SSSR count). The first-order chi connectivity index (χ1) is 8.69. The number of aromatic nitrogens is 2. The Kier molecular flexibility index (Phi) is 3.57. The van der Waals surface area contributed by atoms with E-state index in [9.17, 15) is 9.59 Å². The zero-order valence-corrected chi connectivity index (χ0v) is 9.90. The smallest absolute Gasteiger partial charge is 0.315 e. The molecule has 0 fully saturated rings. The summed E-state index contributed by atoms with van der Waals surface area (Å²) in [5.74, 6) is -0.921. The van der Waals surface area contributed by atoms with Gasteiger partial charge < -0.3 is 10.1 Å². The lowest BCUT2D eigenvalue weighted by molar-refractivity contribution is -0.145. The van der Waals surface area contributed by atoms with Gasteiger partial charge in [-0.25, -0.2) is 0 Å². The van der Waals surface area contributed by atoms with Crippen molar-refractivity contribution in [2.75, 3.05) is 11.9 Å². The number of carbonyl (C=O) groups is 2. The largest absolute Gasteiger partial charge is 0.466 e. The number of rotatable bonds is 4. The quantitative estimate of drug-likeness (QED) is 0.632. The number of nitrogens with one attached hydrogen (secondary N) is 2. The Hall–Kier alpha value is -2.37. The monoisotopic (exact) mass is 247 g/mol. The molecule has 1 aromatic heterocycles. The highest BCUT2D eigenvalue weighted by Crippen LogP contribution is 2.16. The first kappa shape index (κ1) is 12.1. The average molecular weight is 247 g/mol. The van der Waals surface area contributed by atoms with Crippen LogP contribution in [0.4, 0.5) is 5.69 Å². The molecule has 0 bridgehead atoms. The third-order valence-corrected chi connectivity index (χ3v) is 2.33. The first-order valence-electron chi connectivity index (χ1n) is 5.57. The summed E-state index contributed by atoms with van der Waals surface area (Å²) in [7, 11) is 0. The standard InChI is InChI=1S/C12H13N3O3/c1-2-18-12(17)6-11(16)14-9-3-4-10-8(5-9)7-13-15-10/h3-5,7H,2,6H2,1H3,(H,13,15)(H,14,16). The number of benzene rings is 1. The minimum atomic E-state index is -0.528. The second-order valence-electron chi connectivity index (χ2n) is 3.70. The van der Waals surface area contributed by atoms with E-state index >= 15 is 0 Å². The van der Waals surface area contributed by atoms with Crippen LogP contribution in [0.5, 0.6) is 0 Å². The Balaban J connectivity index is 2.00. The van der Waals surface area contributed by atoms with Crippen LogP contribution < -0.4 is 5.32 Å². The number of aromatic amines is 1. The fraction of sp³-hybridized carbons (Fsp3) is 0.250. The molecule has 18 heavy (non-hydrogen) atoms. The van der Waals surface area contributed by atoms with Gasteiger partial charge in [0, 0.05) is 11.1 Å². The summed E-state index contributed by atoms with van der Waals surface area (Å²) in [4.78, 5) is 22.7. The highest BCUT2D eigenvalue weighted by Gasteiger charge is 2.10. The zero-order chi connectivity index (χ0) is 13.0. The molecule has 1 amide bonds. The van der Waals surface area contributed by atoms with E-state index < -0.39 is 11.9 Å². The van der Waals surface area contributed by atoms with Crippen LogP contribution in [0.2, 0.25) is 0 Å². The van der Waals surface area contributed by atoms with E-state index in [0.717, 1.165) is 10.9 Å². The van der Waals surface area contributed by atoms with Crippen LogP contribution >= 0.6 is 0 Å². The lowest BCUT2D eigenvalue weighted by atomic mass is 10.2. The van der Waals surface area contributed by atoms with E-state index in [1.54, 1.807) is 25.3 Å². The van der Waals surface area contributed by atoms with Gasteiger partial charge in [0.25, 0.3) is 0 Å². The van der Waals surface area contributed by atoms with Crippen LogP contribution in [0.25, 0.3) is 10.9 Å². The molecule has 0 aliphatic carbocycles. The number of H-pyrrole nitrogens is 1. The van der Waals surface area contributed by atoms with Gasteiger partial charge in [0.1, 0.15) is 6.42 Å². The maximum atomic E-state index is 11.5. The van der Waals surface area contributed by atoms with Crippen LogP contribution in [0.1, 0.15) is 13.3 Å². The predicted molar refractivity (Wildman–Crippen MR) is 66.0 cm³/mol. The van der Waals surface area contributed by atoms with Gasteiger partial charge in [-0.2, -0.15) is 5.10 Å². The van der Waals surface area contributed by atoms with Crippen molar-refractivity contribution in [1.82, 2.24) is 10.2 Å². The summed E-state index contributed by atoms with van der Waals surface area (Å²) in [5.41, 5.74) is 1.51. The second kappa shape index (κ2) is 5.31. The number of fused-ring (bicyclic) bond motifs is 1. The fourth-order valence-electron chi connectivity index (χ4n) is 1.57. The number of anilines is 1. The third-order valence-electron chi connectivity index (χ3n) is 2.33. The molecule has 0 saturated carbocycles. The molecule has 2 aromatic rings. The lowest BCUT2D eigenvalue weighted by Gasteiger charge is -2.05. The van der Waals surface area contributed by atoms with E-state index in [4.69, 9.17) is 4.74 Å². The van der Waals surface area contributed by atoms with Crippen molar-refractivity contribution in [2.24, 2.45) is 0 Å². The third kappa shape index (κ3) is 2.85. The van der Waals surface area contributed by atoms with E-state index in [1.807, 2.05) is 6.07 Å². The van der Waals surface area contributed by atoms with Crippen molar-refractivity contribution in [2.45, 2.75) is 13.3 Å². The normalized spacial score (nSPS) is 10.3. The van der Waals surface area contributed by atoms with Crippen molar-refractivity contribution < 1.29 is 14.3 Å². The molecule has 1 heterocycles. The van der Waals surface area contributed by atoms with Crippen molar-refractivity contribution in [3.63, 3.8) is 0 Å². The van der Waals surface area contributed by atoms with Gasteiger partial charge in [0.15, 0.2) is 0 Å². The topological polar surface area (TPSA) is 84.1 Å². The molecule has 0 aliphatic rings. The first-order valence-corrected chi connectivity index (χ1v) is 5.57. The highest BCUT2D eigenvalue weighted by atomic mass is 16.5. The molecule has 6 nitrogen and oxygen atoms in total. The van der Waals surface area contributed by atoms with Crippen LogP contribution in [-0.2, 0) is 14.3 Å². The molecule has 2 N–H and O–H groups in total. The second-order valence-corrected chi connectivity index (χ2v) is 3.70. The zero-order valence-electron chi connectivity index (χ0n) is 9.90. The van der Waals surface area contributed by atoms with Crippen LogP contribution in [0, 0.1) is 0 Å². The number of esters is 1. The number of carbonyl (C=O) groups excluding carboxylic acids is 2. The highest BCUT2D eigenvalue weighted by molar-refractivity contribution is 6.02. The van der Waals surface area contributed by atoms with Crippen molar-refractivity contribution in [3.8, 4) is 0 Å². The average Bonchev–Trinajstić information content (AvgIpc) is 2.76. The predicted octanol–water partition coefficient (Wildman–Crippen LogP) is 1.45. The van der Waals surface area contributed by atoms with Gasteiger partial charge in [-0.05, 0) is 25.1 Å².